The summed E-state index contributed by atoms with van der Waals surface area (Å²) < 4.78 is 65.8. The molecule has 0 radical (unpaired) electrons. The molecule has 0 spiro atoms. The van der Waals surface area contributed by atoms with Crippen LogP contribution >= 0.6 is 42.5 Å². The van der Waals surface area contributed by atoms with Crippen LogP contribution in [0.3, 0.4) is 0 Å². The van der Waals surface area contributed by atoms with Crippen molar-refractivity contribution < 1.29 is 26.1 Å². The van der Waals surface area contributed by atoms with E-state index in [0.29, 0.717) is 25.6 Å². The molecule has 0 unspecified atom stereocenters. The van der Waals surface area contributed by atoms with E-state index in [2.05, 4.69) is 87.4 Å². The van der Waals surface area contributed by atoms with E-state index in [1.54, 1.807) is 61.2 Å². The van der Waals surface area contributed by atoms with Crippen molar-refractivity contribution in [2.24, 2.45) is 0 Å². The third kappa shape index (κ3) is 13.0. The number of benzene rings is 4. The maximum absolute atomic E-state index is 13.5. The Balaban J connectivity index is 0.000000156. The minimum absolute atomic E-state index is 0.00965. The van der Waals surface area contributed by atoms with Crippen LogP contribution in [0, 0.1) is 13.8 Å². The highest BCUT2D eigenvalue weighted by atomic mass is 79.9. The highest BCUT2D eigenvalue weighted by Crippen LogP contribution is 2.38. The summed E-state index contributed by atoms with van der Waals surface area (Å²) in [5, 5.41) is 11.4. The normalized spacial score (nSPS) is 13.7. The Morgan fingerprint density at radius 1 is 0.550 bits per heavy atom. The first-order chi connectivity index (χ1) is 38.5. The number of aryl methyl sites for hydroxylation is 4. The summed E-state index contributed by atoms with van der Waals surface area (Å²) in [6, 6.07) is 34.3. The van der Waals surface area contributed by atoms with Crippen molar-refractivity contribution in [3.8, 4) is 0 Å². The standard InChI is InChI=1S/C30H31BrN4O4S.C22H23BrN4O2.C7H7ClO2S/c1-21-5-10-26(11-6-21)40(37,38)39-16-4-2-3-15-33-25(18-22-17-23(31)7-12-27(22)33)20-34-29-19-32-14-13-28(29)35(30(34)36)24-8-9-24;23-16-3-6-19-15(11-16)12-18(25(19)9-1-2-10-28)14-26-21-13-24-8-7-20(21)27(22(26)29)17-4-5-17;1-6-2-4-7(5-3-6)11(8,9)10/h5-7,10-14,17-19,24H,2-4,8-9,15-16,20H2,1H3;3,6-8,11-13,17,28H,1-2,4-5,9-10,14H2;2-5H,1H3. The van der Waals surface area contributed by atoms with E-state index in [1.807, 2.05) is 56.4 Å². The van der Waals surface area contributed by atoms with Gasteiger partial charge in [0, 0.05) is 97.0 Å². The minimum Gasteiger partial charge on any atom is -0.396 e. The average Bonchev–Trinajstić information content (AvgIpc) is 4.50. The number of aliphatic hydroxyl groups is 1. The molecule has 16 nitrogen and oxygen atoms in total. The number of hydrogen-bond donors (Lipinski definition) is 1. The number of unbranched alkanes of at least 4 members (excludes halogenated alkanes) is 3. The third-order valence-corrected chi connectivity index (χ3v) is 18.2. The van der Waals surface area contributed by atoms with Gasteiger partial charge in [-0.25, -0.2) is 18.0 Å². The molecule has 4 aromatic carbocycles. The van der Waals surface area contributed by atoms with E-state index < -0.39 is 19.2 Å². The number of imidazole rings is 2. The molecule has 418 valence electrons. The fourth-order valence-electron chi connectivity index (χ4n) is 10.2. The van der Waals surface area contributed by atoms with Crippen LogP contribution in [-0.4, -0.2) is 72.5 Å². The molecule has 10 aromatic rings. The van der Waals surface area contributed by atoms with Crippen molar-refractivity contribution in [3.05, 3.63) is 186 Å². The van der Waals surface area contributed by atoms with Gasteiger partial charge < -0.3 is 14.2 Å². The second-order valence-corrected chi connectivity index (χ2v) is 26.5. The molecule has 0 amide bonds. The molecule has 2 aliphatic rings. The van der Waals surface area contributed by atoms with Crippen LogP contribution in [0.25, 0.3) is 43.9 Å². The highest BCUT2D eigenvalue weighted by Gasteiger charge is 2.31. The van der Waals surface area contributed by atoms with Gasteiger partial charge in [-0.05, 0) is 157 Å². The van der Waals surface area contributed by atoms with Crippen LogP contribution in [0.15, 0.2) is 162 Å². The number of aromatic nitrogens is 8. The summed E-state index contributed by atoms with van der Waals surface area (Å²) in [6.45, 7) is 6.65. The molecule has 12 rings (SSSR count). The van der Waals surface area contributed by atoms with E-state index in [0.717, 1.165) is 140 Å². The maximum atomic E-state index is 13.5. The zero-order valence-corrected chi connectivity index (χ0v) is 49.9. The topological polar surface area (TPSA) is 187 Å². The fraction of sp³-hybridized carbons (Fsp3) is 0.322. The molecule has 2 saturated carbocycles. The lowest BCUT2D eigenvalue weighted by molar-refractivity contribution is 0.281. The molecule has 1 N–H and O–H groups in total. The van der Waals surface area contributed by atoms with Crippen LogP contribution in [-0.2, 0) is 49.5 Å². The lowest BCUT2D eigenvalue weighted by Crippen LogP contribution is -2.25. The van der Waals surface area contributed by atoms with Crippen molar-refractivity contribution in [3.63, 3.8) is 0 Å². The van der Waals surface area contributed by atoms with Crippen LogP contribution in [0.1, 0.15) is 92.4 Å². The maximum Gasteiger partial charge on any atom is 0.329 e. The Hall–Kier alpha value is -6.13. The third-order valence-electron chi connectivity index (χ3n) is 14.6. The zero-order chi connectivity index (χ0) is 56.3. The van der Waals surface area contributed by atoms with Gasteiger partial charge in [-0.3, -0.25) is 32.4 Å². The SMILES string of the molecule is Cc1ccc(S(=O)(=O)Cl)cc1.Cc1ccc(S(=O)(=O)OCCCCCn2c(Cn3c(=O)n(C4CC4)c4ccncc43)cc3cc(Br)ccc32)cc1.O=c1n(Cc2cc3cc(Br)ccc3n2CCCCO)c2cnccc2n1C1CC1. The summed E-state index contributed by atoms with van der Waals surface area (Å²) in [5.41, 5.74) is 10.1. The van der Waals surface area contributed by atoms with Gasteiger partial charge in [0.05, 0.1) is 63.9 Å². The summed E-state index contributed by atoms with van der Waals surface area (Å²) in [7, 11) is -2.22. The quantitative estimate of drug-likeness (QED) is 0.0464. The molecule has 6 heterocycles. The van der Waals surface area contributed by atoms with Gasteiger partial charge in [0.25, 0.3) is 19.2 Å². The van der Waals surface area contributed by atoms with Crippen molar-refractivity contribution in [1.82, 2.24) is 37.4 Å². The molecular weight excluding hydrogens is 1210 g/mol. The van der Waals surface area contributed by atoms with Crippen molar-refractivity contribution in [1.29, 1.82) is 0 Å². The van der Waals surface area contributed by atoms with Gasteiger partial charge >= 0.3 is 11.4 Å². The van der Waals surface area contributed by atoms with E-state index in [9.17, 15) is 31.5 Å². The number of hydrogen-bond acceptors (Lipinski definition) is 10. The lowest BCUT2D eigenvalue weighted by Gasteiger charge is -2.12. The molecular formula is C59H61Br2ClN8O8S2. The smallest absolute Gasteiger partial charge is 0.329 e. The van der Waals surface area contributed by atoms with Crippen molar-refractivity contribution in [2.75, 3.05) is 13.2 Å². The molecule has 0 aliphatic heterocycles. The molecule has 0 bridgehead atoms. The monoisotopic (exact) mass is 1270 g/mol. The fourth-order valence-corrected chi connectivity index (χ4v) is 12.7. The first-order valence-corrected chi connectivity index (χ1v) is 32.0. The molecule has 21 heteroatoms. The van der Waals surface area contributed by atoms with Gasteiger partial charge in [0.2, 0.25) is 0 Å². The number of halogens is 3. The first kappa shape index (κ1) is 57.1. The van der Waals surface area contributed by atoms with Gasteiger partial charge in [0.15, 0.2) is 0 Å². The van der Waals surface area contributed by atoms with Crippen LogP contribution in [0.4, 0.5) is 0 Å². The summed E-state index contributed by atoms with van der Waals surface area (Å²) in [5.74, 6) is 0. The van der Waals surface area contributed by atoms with E-state index in [-0.39, 0.29) is 40.4 Å². The Morgan fingerprint density at radius 3 is 1.44 bits per heavy atom. The van der Waals surface area contributed by atoms with Crippen LogP contribution in [0.2, 0.25) is 0 Å². The van der Waals surface area contributed by atoms with E-state index in [1.165, 1.54) is 12.1 Å². The highest BCUT2D eigenvalue weighted by molar-refractivity contribution is 9.10. The average molecular weight is 1270 g/mol. The predicted molar refractivity (Wildman–Crippen MR) is 321 cm³/mol. The Morgan fingerprint density at radius 2 is 1.00 bits per heavy atom. The summed E-state index contributed by atoms with van der Waals surface area (Å²) in [4.78, 5) is 35.7. The van der Waals surface area contributed by atoms with E-state index in [4.69, 9.17) is 14.9 Å². The number of nitrogens with zero attached hydrogens (tertiary/aromatic N) is 8. The van der Waals surface area contributed by atoms with Crippen molar-refractivity contribution in [2.45, 2.75) is 120 Å². The van der Waals surface area contributed by atoms with E-state index >= 15 is 0 Å². The second kappa shape index (κ2) is 24.5. The molecule has 80 heavy (non-hydrogen) atoms. The number of rotatable bonds is 19. The number of pyridine rings is 2. The molecule has 6 aromatic heterocycles. The molecule has 0 atom stereocenters. The zero-order valence-electron chi connectivity index (χ0n) is 44.3. The second-order valence-electron chi connectivity index (χ2n) is 20.5. The Bertz CT molecular complexity index is 4220. The Labute approximate surface area is 485 Å². The summed E-state index contributed by atoms with van der Waals surface area (Å²) >= 11 is 7.14. The first-order valence-electron chi connectivity index (χ1n) is 26.7. The minimum atomic E-state index is -3.75. The lowest BCUT2D eigenvalue weighted by atomic mass is 10.2. The largest absolute Gasteiger partial charge is 0.396 e. The van der Waals surface area contributed by atoms with Gasteiger partial charge in [0.1, 0.15) is 0 Å². The van der Waals surface area contributed by atoms with Crippen LogP contribution in [0.5, 0.6) is 0 Å². The van der Waals surface area contributed by atoms with Gasteiger partial charge in [-0.15, -0.1) is 0 Å². The number of fused-ring (bicyclic) bond motifs is 4. The van der Waals surface area contributed by atoms with Gasteiger partial charge in [-0.1, -0.05) is 67.3 Å². The van der Waals surface area contributed by atoms with Crippen LogP contribution < -0.4 is 11.4 Å². The summed E-state index contributed by atoms with van der Waals surface area (Å²) in [6.07, 6.45) is 15.2. The molecule has 2 aliphatic carbocycles. The predicted octanol–water partition coefficient (Wildman–Crippen LogP) is 12.2. The molecule has 2 fully saturated rings. The number of aliphatic hydroxyl groups excluding tert-OH is 1. The Kier molecular flexibility index (Phi) is 17.5. The van der Waals surface area contributed by atoms with Gasteiger partial charge in [-0.2, -0.15) is 8.42 Å². The van der Waals surface area contributed by atoms with Crippen molar-refractivity contribution >= 4 is 106 Å². The molecule has 0 saturated heterocycles.